The maximum absolute atomic E-state index is 12.7. The lowest BCUT2D eigenvalue weighted by Crippen LogP contribution is -2.30. The van der Waals surface area contributed by atoms with Gasteiger partial charge in [0, 0.05) is 11.4 Å². The lowest BCUT2D eigenvalue weighted by molar-refractivity contribution is -0.122. The number of carbonyl (C=O) groups is 2. The van der Waals surface area contributed by atoms with Gasteiger partial charge in [0.2, 0.25) is 0 Å². The molecule has 0 aromatic heterocycles. The highest BCUT2D eigenvalue weighted by molar-refractivity contribution is 5.96. The number of aryl methyl sites for hydroxylation is 2. The van der Waals surface area contributed by atoms with E-state index in [0.717, 1.165) is 33.6 Å². The molecule has 194 valence electrons. The normalized spacial score (nSPS) is 12.2. The zero-order valence-electron chi connectivity index (χ0n) is 22.0. The highest BCUT2D eigenvalue weighted by Gasteiger charge is 2.17. The van der Waals surface area contributed by atoms with Crippen LogP contribution in [-0.4, -0.2) is 24.0 Å². The molecule has 0 fully saturated rings. The number of benzene rings is 4. The molecule has 4 rings (SSSR count). The Balaban J connectivity index is 1.39. The summed E-state index contributed by atoms with van der Waals surface area (Å²) in [5, 5.41) is 5.91. The molecule has 2 atom stereocenters. The zero-order valence-corrected chi connectivity index (χ0v) is 22.0. The van der Waals surface area contributed by atoms with Crippen LogP contribution in [0.1, 0.15) is 25.0 Å². The van der Waals surface area contributed by atoms with Crippen LogP contribution in [0, 0.1) is 13.8 Å². The van der Waals surface area contributed by atoms with Crippen LogP contribution < -0.4 is 20.1 Å². The third-order valence-corrected chi connectivity index (χ3v) is 6.15. The molecule has 0 bridgehead atoms. The number of anilines is 2. The number of para-hydroxylation sites is 2. The first-order valence-corrected chi connectivity index (χ1v) is 12.6. The van der Waals surface area contributed by atoms with Crippen molar-refractivity contribution in [3.63, 3.8) is 0 Å². The van der Waals surface area contributed by atoms with Gasteiger partial charge in [-0.3, -0.25) is 9.59 Å². The summed E-state index contributed by atoms with van der Waals surface area (Å²) in [5.74, 6) is 0.864. The van der Waals surface area contributed by atoms with Gasteiger partial charge in [-0.05, 0) is 98.5 Å². The highest BCUT2D eigenvalue weighted by atomic mass is 16.5. The van der Waals surface area contributed by atoms with Gasteiger partial charge in [0.25, 0.3) is 11.8 Å². The predicted octanol–water partition coefficient (Wildman–Crippen LogP) is 6.78. The number of nitrogens with one attached hydrogen (secondary N) is 2. The van der Waals surface area contributed by atoms with Gasteiger partial charge < -0.3 is 20.1 Å². The van der Waals surface area contributed by atoms with Gasteiger partial charge in [0.1, 0.15) is 11.5 Å². The Morgan fingerprint density at radius 2 is 0.947 bits per heavy atom. The monoisotopic (exact) mass is 508 g/mol. The fraction of sp³-hybridized carbons (Fsp3) is 0.188. The van der Waals surface area contributed by atoms with Crippen molar-refractivity contribution < 1.29 is 19.1 Å². The van der Waals surface area contributed by atoms with Crippen LogP contribution in [0.5, 0.6) is 11.5 Å². The molecular formula is C32H32N2O4. The quantitative estimate of drug-likeness (QED) is 0.261. The predicted molar refractivity (Wildman–Crippen MR) is 152 cm³/mol. The van der Waals surface area contributed by atoms with Crippen molar-refractivity contribution in [3.05, 3.63) is 108 Å². The number of hydrogen-bond donors (Lipinski definition) is 2. The molecular weight excluding hydrogens is 476 g/mol. The Labute approximate surface area is 223 Å². The first kappa shape index (κ1) is 26.5. The Morgan fingerprint density at radius 1 is 0.579 bits per heavy atom. The molecule has 4 aromatic carbocycles. The van der Waals surface area contributed by atoms with Gasteiger partial charge in [0.15, 0.2) is 12.2 Å². The van der Waals surface area contributed by atoms with E-state index < -0.39 is 12.2 Å². The molecule has 2 N–H and O–H groups in total. The molecule has 0 aliphatic rings. The molecule has 0 aliphatic heterocycles. The molecule has 38 heavy (non-hydrogen) atoms. The fourth-order valence-corrected chi connectivity index (χ4v) is 3.95. The van der Waals surface area contributed by atoms with Crippen molar-refractivity contribution in [1.29, 1.82) is 0 Å². The molecule has 4 aromatic rings. The number of hydrogen-bond acceptors (Lipinski definition) is 4. The summed E-state index contributed by atoms with van der Waals surface area (Å²) in [6, 6.07) is 30.3. The van der Waals surface area contributed by atoms with Crippen molar-refractivity contribution in [2.45, 2.75) is 39.9 Å². The van der Waals surface area contributed by atoms with Gasteiger partial charge in [-0.2, -0.15) is 0 Å². The second-order valence-corrected chi connectivity index (χ2v) is 9.18. The van der Waals surface area contributed by atoms with Crippen LogP contribution in [0.3, 0.4) is 0 Å². The second kappa shape index (κ2) is 12.1. The molecule has 0 spiro atoms. The minimum Gasteiger partial charge on any atom is -0.481 e. The molecule has 0 radical (unpaired) electrons. The van der Waals surface area contributed by atoms with E-state index in [2.05, 4.69) is 10.6 Å². The average Bonchev–Trinajstić information content (AvgIpc) is 2.92. The van der Waals surface area contributed by atoms with E-state index in [-0.39, 0.29) is 11.8 Å². The summed E-state index contributed by atoms with van der Waals surface area (Å²) in [6.45, 7) is 7.36. The summed E-state index contributed by atoms with van der Waals surface area (Å²) in [4.78, 5) is 25.3. The van der Waals surface area contributed by atoms with Crippen molar-refractivity contribution in [3.8, 4) is 22.6 Å². The number of carbonyl (C=O) groups excluding carboxylic acids is 2. The van der Waals surface area contributed by atoms with E-state index >= 15 is 0 Å². The third-order valence-electron chi connectivity index (χ3n) is 6.15. The first-order chi connectivity index (χ1) is 18.3. The van der Waals surface area contributed by atoms with E-state index in [1.165, 1.54) is 0 Å². The van der Waals surface area contributed by atoms with E-state index in [1.807, 2.05) is 111 Å². The molecule has 0 heterocycles. The van der Waals surface area contributed by atoms with Crippen molar-refractivity contribution in [2.24, 2.45) is 0 Å². The molecule has 0 aliphatic carbocycles. The van der Waals surface area contributed by atoms with E-state index in [9.17, 15) is 9.59 Å². The topological polar surface area (TPSA) is 76.7 Å². The van der Waals surface area contributed by atoms with Gasteiger partial charge in [-0.1, -0.05) is 48.5 Å². The van der Waals surface area contributed by atoms with Gasteiger partial charge >= 0.3 is 0 Å². The van der Waals surface area contributed by atoms with Gasteiger partial charge in [-0.15, -0.1) is 0 Å². The standard InChI is InChI=1S/C32H32N2O4/c1-21-19-25(15-17-29(21)33-31(35)23(3)37-27-11-7-5-8-12-27)26-16-18-30(22(2)20-26)34-32(36)24(4)38-28-13-9-6-10-14-28/h5-20,23-24H,1-4H3,(H,33,35)(H,34,36). The SMILES string of the molecule is Cc1cc(-c2ccc(NC(=O)C(C)Oc3ccccc3)c(C)c2)ccc1NC(=O)C(C)Oc1ccccc1. The summed E-state index contributed by atoms with van der Waals surface area (Å²) < 4.78 is 11.5. The molecule has 2 unspecified atom stereocenters. The van der Waals surface area contributed by atoms with Crippen LogP contribution in [0.2, 0.25) is 0 Å². The average molecular weight is 509 g/mol. The van der Waals surface area contributed by atoms with Crippen LogP contribution in [0.25, 0.3) is 11.1 Å². The Kier molecular flexibility index (Phi) is 8.44. The van der Waals surface area contributed by atoms with Crippen LogP contribution in [-0.2, 0) is 9.59 Å². The number of ether oxygens (including phenoxy) is 2. The van der Waals surface area contributed by atoms with Gasteiger partial charge in [-0.25, -0.2) is 0 Å². The van der Waals surface area contributed by atoms with Crippen LogP contribution in [0.4, 0.5) is 11.4 Å². The van der Waals surface area contributed by atoms with E-state index in [0.29, 0.717) is 11.5 Å². The third kappa shape index (κ3) is 6.79. The minimum atomic E-state index is -0.636. The Morgan fingerprint density at radius 3 is 1.29 bits per heavy atom. The van der Waals surface area contributed by atoms with Gasteiger partial charge in [0.05, 0.1) is 0 Å². The minimum absolute atomic E-state index is 0.217. The second-order valence-electron chi connectivity index (χ2n) is 9.18. The molecule has 2 amide bonds. The molecule has 0 saturated carbocycles. The zero-order chi connectivity index (χ0) is 27.1. The largest absolute Gasteiger partial charge is 0.481 e. The highest BCUT2D eigenvalue weighted by Crippen LogP contribution is 2.28. The smallest absolute Gasteiger partial charge is 0.265 e. The maximum Gasteiger partial charge on any atom is 0.265 e. The molecule has 6 nitrogen and oxygen atoms in total. The van der Waals surface area contributed by atoms with E-state index in [4.69, 9.17) is 9.47 Å². The molecule has 6 heteroatoms. The molecule has 0 saturated heterocycles. The van der Waals surface area contributed by atoms with Crippen molar-refractivity contribution >= 4 is 23.2 Å². The van der Waals surface area contributed by atoms with Crippen LogP contribution >= 0.6 is 0 Å². The Bertz CT molecular complexity index is 1290. The lowest BCUT2D eigenvalue weighted by Gasteiger charge is -2.17. The lowest BCUT2D eigenvalue weighted by atomic mass is 9.99. The van der Waals surface area contributed by atoms with E-state index in [1.54, 1.807) is 13.8 Å². The Hall–Kier alpha value is -4.58. The maximum atomic E-state index is 12.7. The first-order valence-electron chi connectivity index (χ1n) is 12.6. The van der Waals surface area contributed by atoms with Crippen LogP contribution in [0.15, 0.2) is 97.1 Å². The number of amides is 2. The summed E-state index contributed by atoms with van der Waals surface area (Å²) in [5.41, 5.74) is 5.35. The number of rotatable bonds is 9. The fourth-order valence-electron chi connectivity index (χ4n) is 3.95. The van der Waals surface area contributed by atoms with Crippen molar-refractivity contribution in [1.82, 2.24) is 0 Å². The van der Waals surface area contributed by atoms with Crippen molar-refractivity contribution in [2.75, 3.05) is 10.6 Å². The summed E-state index contributed by atoms with van der Waals surface area (Å²) >= 11 is 0. The summed E-state index contributed by atoms with van der Waals surface area (Å²) in [7, 11) is 0. The summed E-state index contributed by atoms with van der Waals surface area (Å²) in [6.07, 6.45) is -1.27.